The minimum absolute atomic E-state index is 0.234. The summed E-state index contributed by atoms with van der Waals surface area (Å²) >= 11 is 6.26. The highest BCUT2D eigenvalue weighted by Crippen LogP contribution is 2.22. The Kier molecular flexibility index (Phi) is 6.31. The largest absolute Gasteiger partial charge is 0.361 e. The van der Waals surface area contributed by atoms with Gasteiger partial charge in [-0.15, -0.1) is 0 Å². The number of carbonyl (C=O) groups is 2. The minimum Gasteiger partial charge on any atom is -0.361 e. The van der Waals surface area contributed by atoms with E-state index in [1.54, 1.807) is 26.0 Å². The SMILES string of the molecule is Cc1noc(C)c1C(=O)Nc1ccc(C(=O)NCc2ccc(CN)cc2)c(Cl)c1. The van der Waals surface area contributed by atoms with Crippen molar-refractivity contribution in [2.24, 2.45) is 5.73 Å². The molecule has 0 saturated carbocycles. The molecule has 150 valence electrons. The summed E-state index contributed by atoms with van der Waals surface area (Å²) in [6.07, 6.45) is 0. The van der Waals surface area contributed by atoms with Crippen molar-refractivity contribution in [2.45, 2.75) is 26.9 Å². The van der Waals surface area contributed by atoms with Crippen LogP contribution in [0.1, 0.15) is 43.3 Å². The number of hydrogen-bond acceptors (Lipinski definition) is 5. The van der Waals surface area contributed by atoms with E-state index in [1.807, 2.05) is 24.3 Å². The van der Waals surface area contributed by atoms with Gasteiger partial charge in [0.1, 0.15) is 11.3 Å². The first-order valence-corrected chi connectivity index (χ1v) is 9.36. The second kappa shape index (κ2) is 8.89. The van der Waals surface area contributed by atoms with Gasteiger partial charge in [0.05, 0.1) is 16.3 Å². The fourth-order valence-corrected chi connectivity index (χ4v) is 3.11. The van der Waals surface area contributed by atoms with Crippen molar-refractivity contribution in [1.29, 1.82) is 0 Å². The predicted octanol–water partition coefficient (Wildman–Crippen LogP) is 3.59. The normalized spacial score (nSPS) is 10.6. The van der Waals surface area contributed by atoms with Crippen molar-refractivity contribution < 1.29 is 14.1 Å². The summed E-state index contributed by atoms with van der Waals surface area (Å²) in [4.78, 5) is 24.9. The van der Waals surface area contributed by atoms with Gasteiger partial charge >= 0.3 is 0 Å². The fraction of sp³-hybridized carbons (Fsp3) is 0.190. The Balaban J connectivity index is 1.65. The summed E-state index contributed by atoms with van der Waals surface area (Å²) in [6.45, 7) is 4.19. The molecule has 0 radical (unpaired) electrons. The van der Waals surface area contributed by atoms with Crippen LogP contribution in [-0.4, -0.2) is 17.0 Å². The first kappa shape index (κ1) is 20.6. The Morgan fingerprint density at radius 3 is 2.34 bits per heavy atom. The van der Waals surface area contributed by atoms with E-state index in [0.29, 0.717) is 41.4 Å². The molecule has 0 aliphatic rings. The molecular formula is C21H21ClN4O3. The van der Waals surface area contributed by atoms with Crippen LogP contribution < -0.4 is 16.4 Å². The van der Waals surface area contributed by atoms with E-state index >= 15 is 0 Å². The Labute approximate surface area is 173 Å². The Morgan fingerprint density at radius 2 is 1.76 bits per heavy atom. The summed E-state index contributed by atoms with van der Waals surface area (Å²) in [7, 11) is 0. The lowest BCUT2D eigenvalue weighted by atomic mass is 10.1. The number of halogens is 1. The summed E-state index contributed by atoms with van der Waals surface area (Å²) in [5, 5.41) is 9.57. The molecule has 0 saturated heterocycles. The third-order valence-electron chi connectivity index (χ3n) is 4.44. The molecule has 1 heterocycles. The van der Waals surface area contributed by atoms with Gasteiger partial charge in [-0.1, -0.05) is 41.0 Å². The number of nitrogens with one attached hydrogen (secondary N) is 2. The van der Waals surface area contributed by atoms with Crippen LogP contribution >= 0.6 is 11.6 Å². The number of nitrogens with zero attached hydrogens (tertiary/aromatic N) is 1. The third-order valence-corrected chi connectivity index (χ3v) is 4.76. The van der Waals surface area contributed by atoms with Crippen molar-refractivity contribution in [3.8, 4) is 0 Å². The monoisotopic (exact) mass is 412 g/mol. The number of aromatic nitrogens is 1. The number of nitrogens with two attached hydrogens (primary N) is 1. The average molecular weight is 413 g/mol. The van der Waals surface area contributed by atoms with Crippen LogP contribution in [0.4, 0.5) is 5.69 Å². The number of hydrogen-bond donors (Lipinski definition) is 3. The zero-order valence-corrected chi connectivity index (χ0v) is 16.8. The number of rotatable bonds is 6. The van der Waals surface area contributed by atoms with Crippen molar-refractivity contribution in [1.82, 2.24) is 10.5 Å². The van der Waals surface area contributed by atoms with Gasteiger partial charge in [-0.2, -0.15) is 0 Å². The average Bonchev–Trinajstić information content (AvgIpc) is 3.05. The van der Waals surface area contributed by atoms with Gasteiger partial charge in [-0.25, -0.2) is 0 Å². The van der Waals surface area contributed by atoms with E-state index in [2.05, 4.69) is 15.8 Å². The highest BCUT2D eigenvalue weighted by Gasteiger charge is 2.18. The van der Waals surface area contributed by atoms with E-state index in [-0.39, 0.29) is 16.8 Å². The summed E-state index contributed by atoms with van der Waals surface area (Å²) in [6, 6.07) is 12.4. The summed E-state index contributed by atoms with van der Waals surface area (Å²) < 4.78 is 5.01. The molecule has 2 amide bonds. The number of benzene rings is 2. The molecule has 0 bridgehead atoms. The van der Waals surface area contributed by atoms with Gasteiger partial charge in [0.15, 0.2) is 0 Å². The van der Waals surface area contributed by atoms with Crippen LogP contribution in [0.3, 0.4) is 0 Å². The van der Waals surface area contributed by atoms with E-state index in [4.69, 9.17) is 21.9 Å². The third kappa shape index (κ3) is 4.82. The maximum Gasteiger partial charge on any atom is 0.261 e. The van der Waals surface area contributed by atoms with Crippen LogP contribution in [0, 0.1) is 13.8 Å². The van der Waals surface area contributed by atoms with Gasteiger partial charge in [0.25, 0.3) is 11.8 Å². The molecule has 1 aromatic heterocycles. The highest BCUT2D eigenvalue weighted by atomic mass is 35.5. The molecule has 2 aromatic carbocycles. The molecule has 0 unspecified atom stereocenters. The van der Waals surface area contributed by atoms with Gasteiger partial charge in [-0.05, 0) is 43.2 Å². The van der Waals surface area contributed by atoms with E-state index in [1.165, 1.54) is 6.07 Å². The zero-order valence-electron chi connectivity index (χ0n) is 16.1. The first-order valence-electron chi connectivity index (χ1n) is 8.99. The number of aryl methyl sites for hydroxylation is 2. The molecule has 3 rings (SSSR count). The van der Waals surface area contributed by atoms with Crippen LogP contribution in [0.15, 0.2) is 47.0 Å². The van der Waals surface area contributed by atoms with Crippen LogP contribution in [-0.2, 0) is 13.1 Å². The second-order valence-corrected chi connectivity index (χ2v) is 6.96. The molecule has 8 heteroatoms. The molecule has 0 atom stereocenters. The first-order chi connectivity index (χ1) is 13.9. The predicted molar refractivity (Wildman–Crippen MR) is 111 cm³/mol. The molecule has 3 aromatic rings. The molecule has 0 spiro atoms. The van der Waals surface area contributed by atoms with Gasteiger partial charge in [0.2, 0.25) is 0 Å². The van der Waals surface area contributed by atoms with Crippen molar-refractivity contribution >= 4 is 29.1 Å². The number of amides is 2. The van der Waals surface area contributed by atoms with Crippen LogP contribution in [0.25, 0.3) is 0 Å². The zero-order chi connectivity index (χ0) is 21.0. The number of anilines is 1. The van der Waals surface area contributed by atoms with Crippen molar-refractivity contribution in [3.63, 3.8) is 0 Å². The lowest BCUT2D eigenvalue weighted by Gasteiger charge is -2.10. The standard InChI is InChI=1S/C21H21ClN4O3/c1-12-19(13(2)29-26-12)21(28)25-16-7-8-17(18(22)9-16)20(27)24-11-15-5-3-14(10-23)4-6-15/h3-9H,10-11,23H2,1-2H3,(H,24,27)(H,25,28). The summed E-state index contributed by atoms with van der Waals surface area (Å²) in [5.41, 5.74) is 9.23. The van der Waals surface area contributed by atoms with Gasteiger partial charge in [0, 0.05) is 18.8 Å². The fourth-order valence-electron chi connectivity index (χ4n) is 2.85. The highest BCUT2D eigenvalue weighted by molar-refractivity contribution is 6.34. The van der Waals surface area contributed by atoms with Crippen molar-refractivity contribution in [2.75, 3.05) is 5.32 Å². The quantitative estimate of drug-likeness (QED) is 0.573. The summed E-state index contributed by atoms with van der Waals surface area (Å²) in [5.74, 6) is -0.224. The molecule has 29 heavy (non-hydrogen) atoms. The maximum absolute atomic E-state index is 12.4. The van der Waals surface area contributed by atoms with E-state index < -0.39 is 0 Å². The molecular weight excluding hydrogens is 392 g/mol. The molecule has 7 nitrogen and oxygen atoms in total. The topological polar surface area (TPSA) is 110 Å². The van der Waals surface area contributed by atoms with Crippen LogP contribution in [0.2, 0.25) is 5.02 Å². The second-order valence-electron chi connectivity index (χ2n) is 6.55. The Morgan fingerprint density at radius 1 is 1.07 bits per heavy atom. The smallest absolute Gasteiger partial charge is 0.261 e. The molecule has 0 aliphatic carbocycles. The Hall–Kier alpha value is -3.16. The minimum atomic E-state index is -0.351. The molecule has 4 N–H and O–H groups in total. The van der Waals surface area contributed by atoms with E-state index in [0.717, 1.165) is 11.1 Å². The van der Waals surface area contributed by atoms with Gasteiger partial charge < -0.3 is 20.9 Å². The number of carbonyl (C=O) groups excluding carboxylic acids is 2. The molecule has 0 fully saturated rings. The lowest BCUT2D eigenvalue weighted by molar-refractivity contribution is 0.0950. The van der Waals surface area contributed by atoms with Crippen molar-refractivity contribution in [3.05, 3.63) is 81.2 Å². The molecule has 0 aliphatic heterocycles. The lowest BCUT2D eigenvalue weighted by Crippen LogP contribution is -2.23. The Bertz CT molecular complexity index is 1030. The van der Waals surface area contributed by atoms with Gasteiger partial charge in [-0.3, -0.25) is 9.59 Å². The maximum atomic E-state index is 12.4. The van der Waals surface area contributed by atoms with E-state index in [9.17, 15) is 9.59 Å². The van der Waals surface area contributed by atoms with Crippen LogP contribution in [0.5, 0.6) is 0 Å².